The molecule has 0 spiro atoms. The molecule has 0 bridgehead atoms. The summed E-state index contributed by atoms with van der Waals surface area (Å²) in [4.78, 5) is 1.49. The van der Waals surface area contributed by atoms with Crippen LogP contribution in [0.25, 0.3) is 0 Å². The van der Waals surface area contributed by atoms with Crippen LogP contribution in [-0.4, -0.2) is 12.2 Å². The van der Waals surface area contributed by atoms with Gasteiger partial charge in [0.2, 0.25) is 0 Å². The summed E-state index contributed by atoms with van der Waals surface area (Å²) in [7, 11) is 1.62. The molecule has 2 nitrogen and oxygen atoms in total. The lowest BCUT2D eigenvalue weighted by Crippen LogP contribution is -2.15. The van der Waals surface area contributed by atoms with Gasteiger partial charge in [-0.1, -0.05) is 17.7 Å². The van der Waals surface area contributed by atoms with Crippen LogP contribution < -0.4 is 4.90 Å². The number of aryl methyl sites for hydroxylation is 2. The van der Waals surface area contributed by atoms with Crippen molar-refractivity contribution in [3.05, 3.63) is 58.7 Å². The van der Waals surface area contributed by atoms with Gasteiger partial charge in [0.15, 0.2) is 0 Å². The summed E-state index contributed by atoms with van der Waals surface area (Å²) in [5, 5.41) is 8.96. The van der Waals surface area contributed by atoms with Gasteiger partial charge in [0.1, 0.15) is 17.3 Å². The maximum atomic E-state index is 14.1. The highest BCUT2D eigenvalue weighted by Gasteiger charge is 2.17. The van der Waals surface area contributed by atoms with Crippen molar-refractivity contribution >= 4 is 11.4 Å². The van der Waals surface area contributed by atoms with E-state index in [1.807, 2.05) is 32.0 Å². The van der Waals surface area contributed by atoms with Crippen LogP contribution in [0.15, 0.2) is 30.3 Å². The molecule has 0 radical (unpaired) electrons. The van der Waals surface area contributed by atoms with Gasteiger partial charge in [-0.25, -0.2) is 8.78 Å². The Hall–Kier alpha value is -1.94. The van der Waals surface area contributed by atoms with E-state index in [-0.39, 0.29) is 17.9 Å². The maximum Gasteiger partial charge on any atom is 0.150 e. The Balaban J connectivity index is 2.50. The number of aliphatic hydroxyl groups excluding tert-OH is 1. The second-order valence-electron chi connectivity index (χ2n) is 4.92. The minimum atomic E-state index is -0.684. The fourth-order valence-electron chi connectivity index (χ4n) is 2.33. The first kappa shape index (κ1) is 14.5. The maximum absolute atomic E-state index is 14.1. The van der Waals surface area contributed by atoms with E-state index in [0.29, 0.717) is 0 Å². The highest BCUT2D eigenvalue weighted by molar-refractivity contribution is 5.67. The van der Waals surface area contributed by atoms with Crippen molar-refractivity contribution < 1.29 is 13.9 Å². The largest absolute Gasteiger partial charge is 0.392 e. The third kappa shape index (κ3) is 2.65. The SMILES string of the molecule is Cc1ccc(N(C)c2c(F)cc(CO)cc2F)c(C)c1. The second-order valence-corrected chi connectivity index (χ2v) is 4.92. The Morgan fingerprint density at radius 2 is 1.65 bits per heavy atom. The molecule has 0 saturated heterocycles. The standard InChI is InChI=1S/C16H17F2NO/c1-10-4-5-15(11(2)6-10)19(3)16-13(17)7-12(9-20)8-14(16)18/h4-8,20H,9H2,1-3H3. The molecule has 0 aliphatic carbocycles. The summed E-state index contributed by atoms with van der Waals surface area (Å²) in [6, 6.07) is 8.00. The van der Waals surface area contributed by atoms with Crippen LogP contribution in [0, 0.1) is 25.5 Å². The van der Waals surface area contributed by atoms with E-state index < -0.39 is 11.6 Å². The number of aliphatic hydroxyl groups is 1. The Morgan fingerprint density at radius 1 is 1.05 bits per heavy atom. The Labute approximate surface area is 117 Å². The number of anilines is 2. The third-order valence-electron chi connectivity index (χ3n) is 3.31. The van der Waals surface area contributed by atoms with Crippen LogP contribution in [0.5, 0.6) is 0 Å². The zero-order chi connectivity index (χ0) is 14.9. The lowest BCUT2D eigenvalue weighted by atomic mass is 10.1. The predicted molar refractivity (Wildman–Crippen MR) is 76.3 cm³/mol. The van der Waals surface area contributed by atoms with Crippen LogP contribution in [0.4, 0.5) is 20.2 Å². The number of benzene rings is 2. The van der Waals surface area contributed by atoms with Crippen LogP contribution >= 0.6 is 0 Å². The molecule has 0 saturated carbocycles. The minimum Gasteiger partial charge on any atom is -0.392 e. The van der Waals surface area contributed by atoms with Crippen LogP contribution in [0.2, 0.25) is 0 Å². The molecule has 4 heteroatoms. The molecule has 2 aromatic rings. The molecular formula is C16H17F2NO. The molecule has 106 valence electrons. The summed E-state index contributed by atoms with van der Waals surface area (Å²) < 4.78 is 28.1. The van der Waals surface area contributed by atoms with E-state index in [9.17, 15) is 8.78 Å². The molecule has 0 aliphatic rings. The molecule has 0 aromatic heterocycles. The molecule has 0 atom stereocenters. The number of nitrogens with zero attached hydrogens (tertiary/aromatic N) is 1. The van der Waals surface area contributed by atoms with Crippen molar-refractivity contribution in [2.45, 2.75) is 20.5 Å². The van der Waals surface area contributed by atoms with Crippen molar-refractivity contribution in [2.75, 3.05) is 11.9 Å². The van der Waals surface area contributed by atoms with Crippen LogP contribution in [-0.2, 0) is 6.61 Å². The number of hydrogen-bond acceptors (Lipinski definition) is 2. The van der Waals surface area contributed by atoms with Crippen molar-refractivity contribution in [1.82, 2.24) is 0 Å². The van der Waals surface area contributed by atoms with Crippen LogP contribution in [0.1, 0.15) is 16.7 Å². The quantitative estimate of drug-likeness (QED) is 0.921. The predicted octanol–water partition coefficient (Wildman–Crippen LogP) is 3.84. The van der Waals surface area contributed by atoms with Gasteiger partial charge in [-0.3, -0.25) is 0 Å². The van der Waals surface area contributed by atoms with E-state index in [1.54, 1.807) is 7.05 Å². The fourth-order valence-corrected chi connectivity index (χ4v) is 2.33. The van der Waals surface area contributed by atoms with Crippen molar-refractivity contribution in [3.8, 4) is 0 Å². The van der Waals surface area contributed by atoms with E-state index in [0.717, 1.165) is 28.9 Å². The molecule has 0 fully saturated rings. The number of hydrogen-bond donors (Lipinski definition) is 1. The fraction of sp³-hybridized carbons (Fsp3) is 0.250. The normalized spacial score (nSPS) is 10.7. The first-order valence-corrected chi connectivity index (χ1v) is 6.33. The van der Waals surface area contributed by atoms with E-state index in [1.165, 1.54) is 4.90 Å². The van der Waals surface area contributed by atoms with Gasteiger partial charge in [0, 0.05) is 12.7 Å². The Morgan fingerprint density at radius 3 is 2.15 bits per heavy atom. The summed E-state index contributed by atoms with van der Waals surface area (Å²) in [5.41, 5.74) is 2.88. The zero-order valence-corrected chi connectivity index (χ0v) is 11.7. The average Bonchev–Trinajstić information content (AvgIpc) is 2.37. The molecule has 0 unspecified atom stereocenters. The smallest absolute Gasteiger partial charge is 0.150 e. The zero-order valence-electron chi connectivity index (χ0n) is 11.7. The van der Waals surface area contributed by atoms with Gasteiger partial charge in [-0.05, 0) is 43.2 Å². The van der Waals surface area contributed by atoms with Gasteiger partial charge in [-0.2, -0.15) is 0 Å². The number of rotatable bonds is 3. The summed E-state index contributed by atoms with van der Waals surface area (Å²) >= 11 is 0. The monoisotopic (exact) mass is 277 g/mol. The van der Waals surface area contributed by atoms with E-state index >= 15 is 0 Å². The lowest BCUT2D eigenvalue weighted by molar-refractivity contribution is 0.280. The van der Waals surface area contributed by atoms with E-state index in [2.05, 4.69) is 0 Å². The molecule has 0 heterocycles. The molecule has 20 heavy (non-hydrogen) atoms. The highest BCUT2D eigenvalue weighted by Crippen LogP contribution is 2.32. The molecule has 2 rings (SSSR count). The summed E-state index contributed by atoms with van der Waals surface area (Å²) in [5.74, 6) is -1.37. The second kappa shape index (κ2) is 5.59. The summed E-state index contributed by atoms with van der Waals surface area (Å²) in [6.07, 6.45) is 0. The minimum absolute atomic E-state index is 0.117. The van der Waals surface area contributed by atoms with Crippen molar-refractivity contribution in [3.63, 3.8) is 0 Å². The Bertz CT molecular complexity index is 617. The van der Waals surface area contributed by atoms with Gasteiger partial charge in [0.25, 0.3) is 0 Å². The molecule has 0 amide bonds. The van der Waals surface area contributed by atoms with Gasteiger partial charge in [-0.15, -0.1) is 0 Å². The first-order valence-electron chi connectivity index (χ1n) is 6.33. The average molecular weight is 277 g/mol. The first-order chi connectivity index (χ1) is 9.43. The molecule has 0 aliphatic heterocycles. The van der Waals surface area contributed by atoms with Crippen molar-refractivity contribution in [1.29, 1.82) is 0 Å². The van der Waals surface area contributed by atoms with Gasteiger partial charge >= 0.3 is 0 Å². The molecule has 2 aromatic carbocycles. The van der Waals surface area contributed by atoms with Gasteiger partial charge in [0.05, 0.1) is 6.61 Å². The van der Waals surface area contributed by atoms with E-state index in [4.69, 9.17) is 5.11 Å². The van der Waals surface area contributed by atoms with Crippen LogP contribution in [0.3, 0.4) is 0 Å². The highest BCUT2D eigenvalue weighted by atomic mass is 19.1. The third-order valence-corrected chi connectivity index (χ3v) is 3.31. The Kier molecular flexibility index (Phi) is 4.04. The molecular weight excluding hydrogens is 260 g/mol. The lowest BCUT2D eigenvalue weighted by Gasteiger charge is -2.23. The van der Waals surface area contributed by atoms with Crippen molar-refractivity contribution in [2.24, 2.45) is 0 Å². The molecule has 1 N–H and O–H groups in total. The number of halogens is 2. The van der Waals surface area contributed by atoms with Gasteiger partial charge < -0.3 is 10.0 Å². The topological polar surface area (TPSA) is 23.5 Å². The summed E-state index contributed by atoms with van der Waals surface area (Å²) in [6.45, 7) is 3.48.